The maximum absolute atomic E-state index is 11.8. The largest absolute Gasteiger partial charge is 0.450 e. The molecule has 1 amide bonds. The van der Waals surface area contributed by atoms with Gasteiger partial charge in [0.05, 0.1) is 12.8 Å². The van der Waals surface area contributed by atoms with Crippen molar-refractivity contribution in [2.24, 2.45) is 0 Å². The van der Waals surface area contributed by atoms with Crippen LogP contribution in [-0.4, -0.2) is 51.9 Å². The monoisotopic (exact) mass is 384 g/mol. The molecule has 8 heteroatoms. The lowest BCUT2D eigenvalue weighted by Crippen LogP contribution is -2.42. The van der Waals surface area contributed by atoms with Crippen molar-refractivity contribution in [1.82, 2.24) is 20.1 Å². The van der Waals surface area contributed by atoms with Crippen LogP contribution < -0.4 is 10.6 Å². The molecule has 0 atom stereocenters. The van der Waals surface area contributed by atoms with Crippen molar-refractivity contribution >= 4 is 23.5 Å². The van der Waals surface area contributed by atoms with Gasteiger partial charge < -0.3 is 20.3 Å². The lowest BCUT2D eigenvalue weighted by atomic mass is 10.1. The summed E-state index contributed by atoms with van der Waals surface area (Å²) in [4.78, 5) is 18.1. The molecule has 1 saturated heterocycles. The number of hydrogen-bond donors (Lipinski definition) is 2. The molecule has 0 bridgehead atoms. The molecular weight excluding hydrogens is 356 g/mol. The molecule has 0 radical (unpaired) electrons. The molecule has 2 heterocycles. The predicted molar refractivity (Wildman–Crippen MR) is 109 cm³/mol. The standard InChI is InChI=1S/C20H28N6O2/c1-4-15-8-6-7-14(3)18(15)23-17-13-21-25-19(24-17)22-16-9-11-26(12-10-16)20(27)28-5-2/h6-8,13,16H,4-5,9-12H2,1-3H3,(H2,22,23,24,25). The van der Waals surface area contributed by atoms with Crippen LogP contribution in [0.4, 0.5) is 22.2 Å². The van der Waals surface area contributed by atoms with Crippen LogP contribution in [0.25, 0.3) is 0 Å². The van der Waals surface area contributed by atoms with Gasteiger partial charge in [0.15, 0.2) is 5.82 Å². The Balaban J connectivity index is 1.61. The van der Waals surface area contributed by atoms with Crippen molar-refractivity contribution in [3.8, 4) is 0 Å². The maximum Gasteiger partial charge on any atom is 0.409 e. The summed E-state index contributed by atoms with van der Waals surface area (Å²) in [7, 11) is 0. The lowest BCUT2D eigenvalue weighted by Gasteiger charge is -2.31. The SMILES string of the molecule is CCOC(=O)N1CCC(Nc2nncc(Nc3c(C)cccc3CC)n2)CC1. The van der Waals surface area contributed by atoms with Crippen LogP contribution in [-0.2, 0) is 11.2 Å². The summed E-state index contributed by atoms with van der Waals surface area (Å²) in [6.07, 6.45) is 3.96. The summed E-state index contributed by atoms with van der Waals surface area (Å²) in [6, 6.07) is 6.45. The number of carbonyl (C=O) groups is 1. The summed E-state index contributed by atoms with van der Waals surface area (Å²) in [5, 5.41) is 14.9. The number of nitrogens with zero attached hydrogens (tertiary/aromatic N) is 4. The van der Waals surface area contributed by atoms with Crippen molar-refractivity contribution in [2.75, 3.05) is 30.3 Å². The highest BCUT2D eigenvalue weighted by Crippen LogP contribution is 2.24. The second-order valence-corrected chi connectivity index (χ2v) is 6.86. The van der Waals surface area contributed by atoms with Gasteiger partial charge in [-0.15, -0.1) is 5.10 Å². The molecule has 1 aliphatic rings. The van der Waals surface area contributed by atoms with E-state index in [1.807, 2.05) is 6.92 Å². The van der Waals surface area contributed by atoms with Gasteiger partial charge >= 0.3 is 6.09 Å². The molecule has 0 saturated carbocycles. The van der Waals surface area contributed by atoms with Crippen LogP contribution in [0.3, 0.4) is 0 Å². The average molecular weight is 384 g/mol. The zero-order valence-corrected chi connectivity index (χ0v) is 16.7. The number of piperidine rings is 1. The number of nitrogens with one attached hydrogen (secondary N) is 2. The maximum atomic E-state index is 11.8. The molecule has 0 unspecified atom stereocenters. The third kappa shape index (κ3) is 4.88. The number of para-hydroxylation sites is 1. The Morgan fingerprint density at radius 2 is 2.07 bits per heavy atom. The first-order valence-corrected chi connectivity index (χ1v) is 9.84. The predicted octanol–water partition coefficient (Wildman–Crippen LogP) is 3.52. The Hall–Kier alpha value is -2.90. The van der Waals surface area contributed by atoms with Gasteiger partial charge in [-0.25, -0.2) is 4.79 Å². The van der Waals surface area contributed by atoms with Crippen LogP contribution in [0, 0.1) is 6.92 Å². The number of amides is 1. The van der Waals surface area contributed by atoms with Gasteiger partial charge in [-0.05, 0) is 44.2 Å². The first kappa shape index (κ1) is 19.9. The van der Waals surface area contributed by atoms with Crippen molar-refractivity contribution in [2.45, 2.75) is 46.1 Å². The fourth-order valence-electron chi connectivity index (χ4n) is 3.36. The number of anilines is 3. The normalized spacial score (nSPS) is 14.6. The third-order valence-electron chi connectivity index (χ3n) is 4.91. The Morgan fingerprint density at radius 3 is 2.79 bits per heavy atom. The van der Waals surface area contributed by atoms with E-state index in [9.17, 15) is 4.79 Å². The minimum absolute atomic E-state index is 0.201. The Labute approximate surface area is 165 Å². The summed E-state index contributed by atoms with van der Waals surface area (Å²) < 4.78 is 5.06. The van der Waals surface area contributed by atoms with Crippen LogP contribution in [0.1, 0.15) is 37.8 Å². The van der Waals surface area contributed by atoms with Gasteiger partial charge in [0.1, 0.15) is 0 Å². The van der Waals surface area contributed by atoms with Crippen LogP contribution >= 0.6 is 0 Å². The first-order valence-electron chi connectivity index (χ1n) is 9.84. The molecule has 1 aromatic carbocycles. The summed E-state index contributed by atoms with van der Waals surface area (Å²) in [5.41, 5.74) is 3.47. The molecule has 150 valence electrons. The zero-order chi connectivity index (χ0) is 19.9. The second-order valence-electron chi connectivity index (χ2n) is 6.86. The van der Waals surface area contributed by atoms with Crippen LogP contribution in [0.5, 0.6) is 0 Å². The molecular formula is C20H28N6O2. The Morgan fingerprint density at radius 1 is 1.29 bits per heavy atom. The number of aryl methyl sites for hydroxylation is 2. The van der Waals surface area contributed by atoms with E-state index < -0.39 is 0 Å². The van der Waals surface area contributed by atoms with Gasteiger partial charge in [-0.2, -0.15) is 10.1 Å². The molecule has 2 aromatic rings. The second kappa shape index (κ2) is 9.34. The van der Waals surface area contributed by atoms with E-state index in [1.165, 1.54) is 11.1 Å². The van der Waals surface area contributed by atoms with Crippen molar-refractivity contribution in [1.29, 1.82) is 0 Å². The van der Waals surface area contributed by atoms with Gasteiger partial charge in [0, 0.05) is 24.8 Å². The van der Waals surface area contributed by atoms with Gasteiger partial charge in [0.2, 0.25) is 5.95 Å². The highest BCUT2D eigenvalue weighted by atomic mass is 16.6. The molecule has 1 aliphatic heterocycles. The Kier molecular flexibility index (Phi) is 6.62. The van der Waals surface area contributed by atoms with E-state index >= 15 is 0 Å². The molecule has 1 fully saturated rings. The highest BCUT2D eigenvalue weighted by Gasteiger charge is 2.24. The molecule has 0 aliphatic carbocycles. The number of likely N-dealkylation sites (tertiary alicyclic amines) is 1. The number of rotatable bonds is 6. The lowest BCUT2D eigenvalue weighted by molar-refractivity contribution is 0.0983. The van der Waals surface area contributed by atoms with E-state index in [0.717, 1.165) is 24.9 Å². The number of ether oxygens (including phenoxy) is 1. The molecule has 28 heavy (non-hydrogen) atoms. The number of hydrogen-bond acceptors (Lipinski definition) is 7. The first-order chi connectivity index (χ1) is 13.6. The average Bonchev–Trinajstić information content (AvgIpc) is 2.70. The molecule has 8 nitrogen and oxygen atoms in total. The molecule has 0 spiro atoms. The van der Waals surface area contributed by atoms with Gasteiger partial charge in [-0.3, -0.25) is 0 Å². The summed E-state index contributed by atoms with van der Waals surface area (Å²) >= 11 is 0. The highest BCUT2D eigenvalue weighted by molar-refractivity contribution is 5.67. The molecule has 3 rings (SSSR count). The number of carbonyl (C=O) groups excluding carboxylic acids is 1. The van der Waals surface area contributed by atoms with Crippen molar-refractivity contribution < 1.29 is 9.53 Å². The summed E-state index contributed by atoms with van der Waals surface area (Å²) in [6.45, 7) is 7.74. The quantitative estimate of drug-likeness (QED) is 0.787. The van der Waals surface area contributed by atoms with E-state index in [4.69, 9.17) is 4.74 Å². The summed E-state index contributed by atoms with van der Waals surface area (Å²) in [5.74, 6) is 1.15. The van der Waals surface area contributed by atoms with Crippen molar-refractivity contribution in [3.63, 3.8) is 0 Å². The smallest absolute Gasteiger partial charge is 0.409 e. The van der Waals surface area contributed by atoms with E-state index in [-0.39, 0.29) is 12.1 Å². The zero-order valence-electron chi connectivity index (χ0n) is 16.7. The van der Waals surface area contributed by atoms with Crippen molar-refractivity contribution in [3.05, 3.63) is 35.5 Å². The van der Waals surface area contributed by atoms with E-state index in [1.54, 1.807) is 11.1 Å². The minimum atomic E-state index is -0.241. The Bertz CT molecular complexity index is 805. The van der Waals surface area contributed by atoms with E-state index in [0.29, 0.717) is 31.5 Å². The van der Waals surface area contributed by atoms with Crippen LogP contribution in [0.2, 0.25) is 0 Å². The molecule has 1 aromatic heterocycles. The van der Waals surface area contributed by atoms with Gasteiger partial charge in [0.25, 0.3) is 0 Å². The van der Waals surface area contributed by atoms with E-state index in [2.05, 4.69) is 57.9 Å². The van der Waals surface area contributed by atoms with Crippen LogP contribution in [0.15, 0.2) is 24.4 Å². The number of aromatic nitrogens is 3. The van der Waals surface area contributed by atoms with Gasteiger partial charge in [-0.1, -0.05) is 25.1 Å². The number of benzene rings is 1. The fourth-order valence-corrected chi connectivity index (χ4v) is 3.36. The topological polar surface area (TPSA) is 92.3 Å². The fraction of sp³-hybridized carbons (Fsp3) is 0.500. The third-order valence-corrected chi connectivity index (χ3v) is 4.91. The molecule has 2 N–H and O–H groups in total. The minimum Gasteiger partial charge on any atom is -0.450 e.